The molecule has 0 aromatic heterocycles. The highest BCUT2D eigenvalue weighted by Gasteiger charge is 2.22. The molecule has 1 rings (SSSR count). The molecule has 2 amide bonds. The minimum Gasteiger partial charge on any atom is -0.330 e. The van der Waals surface area contributed by atoms with Crippen LogP contribution in [0.3, 0.4) is 0 Å². The Morgan fingerprint density at radius 3 is 2.42 bits per heavy atom. The number of anilines is 1. The Balaban J connectivity index is 3.01. The van der Waals surface area contributed by atoms with E-state index in [1.165, 1.54) is 11.0 Å². The third-order valence-electron chi connectivity index (χ3n) is 2.99. The molecule has 0 heterocycles. The molecule has 4 nitrogen and oxygen atoms in total. The van der Waals surface area contributed by atoms with Crippen LogP contribution in [0.2, 0.25) is 0 Å². The first-order chi connectivity index (χ1) is 9.15. The molecule has 0 radical (unpaired) electrons. The molecule has 0 aliphatic carbocycles. The summed E-state index contributed by atoms with van der Waals surface area (Å²) in [6, 6.07) is 6.14. The van der Waals surface area contributed by atoms with E-state index in [0.29, 0.717) is 38.3 Å². The van der Waals surface area contributed by atoms with Gasteiger partial charge in [-0.15, -0.1) is 0 Å². The number of urea groups is 1. The van der Waals surface area contributed by atoms with E-state index in [4.69, 9.17) is 5.73 Å². The van der Waals surface area contributed by atoms with E-state index in [2.05, 4.69) is 0 Å². The Labute approximate surface area is 114 Å². The van der Waals surface area contributed by atoms with Crippen LogP contribution in [0.5, 0.6) is 0 Å². The second kappa shape index (κ2) is 7.74. The normalized spacial score (nSPS) is 10.3. The molecule has 0 atom stereocenters. The summed E-state index contributed by atoms with van der Waals surface area (Å²) < 4.78 is 13.9. The third-order valence-corrected chi connectivity index (χ3v) is 2.99. The van der Waals surface area contributed by atoms with Gasteiger partial charge in [-0.1, -0.05) is 12.1 Å². The zero-order chi connectivity index (χ0) is 14.3. The molecular formula is C14H22FN3O. The smallest absolute Gasteiger partial charge is 0.324 e. The highest BCUT2D eigenvalue weighted by Crippen LogP contribution is 2.20. The molecular weight excluding hydrogens is 245 g/mol. The topological polar surface area (TPSA) is 49.6 Å². The summed E-state index contributed by atoms with van der Waals surface area (Å²) in [6.45, 7) is 5.91. The van der Waals surface area contributed by atoms with Gasteiger partial charge in [-0.25, -0.2) is 9.18 Å². The second-order valence-corrected chi connectivity index (χ2v) is 4.20. The van der Waals surface area contributed by atoms with Gasteiger partial charge in [-0.05, 0) is 38.9 Å². The van der Waals surface area contributed by atoms with E-state index in [-0.39, 0.29) is 11.8 Å². The Morgan fingerprint density at radius 2 is 1.89 bits per heavy atom. The van der Waals surface area contributed by atoms with Gasteiger partial charge in [0.15, 0.2) is 0 Å². The lowest BCUT2D eigenvalue weighted by Gasteiger charge is -2.29. The standard InChI is InChI=1S/C14H22FN3O/c1-3-17(4-2)14(19)18(11-7-10-16)13-9-6-5-8-12(13)15/h5-6,8-9H,3-4,7,10-11,16H2,1-2H3. The molecule has 1 aromatic carbocycles. The summed E-state index contributed by atoms with van der Waals surface area (Å²) in [7, 11) is 0. The molecule has 0 unspecified atom stereocenters. The minimum atomic E-state index is -0.389. The predicted octanol–water partition coefficient (Wildman–Crippen LogP) is 2.44. The van der Waals surface area contributed by atoms with E-state index in [9.17, 15) is 9.18 Å². The van der Waals surface area contributed by atoms with E-state index < -0.39 is 0 Å². The van der Waals surface area contributed by atoms with Crippen LogP contribution in [0.1, 0.15) is 20.3 Å². The number of hydrogen-bond donors (Lipinski definition) is 1. The second-order valence-electron chi connectivity index (χ2n) is 4.20. The Morgan fingerprint density at radius 1 is 1.26 bits per heavy atom. The lowest BCUT2D eigenvalue weighted by atomic mass is 10.2. The van der Waals surface area contributed by atoms with Gasteiger partial charge in [0.25, 0.3) is 0 Å². The number of amides is 2. The number of benzene rings is 1. The van der Waals surface area contributed by atoms with Crippen LogP contribution in [-0.2, 0) is 0 Å². The van der Waals surface area contributed by atoms with Gasteiger partial charge in [0.05, 0.1) is 5.69 Å². The van der Waals surface area contributed by atoms with Crippen molar-refractivity contribution >= 4 is 11.7 Å². The number of carbonyl (C=O) groups excluding carboxylic acids is 1. The molecule has 0 aliphatic heterocycles. The molecule has 5 heteroatoms. The van der Waals surface area contributed by atoms with Gasteiger partial charge in [0, 0.05) is 19.6 Å². The van der Waals surface area contributed by atoms with Crippen LogP contribution in [0.15, 0.2) is 24.3 Å². The highest BCUT2D eigenvalue weighted by atomic mass is 19.1. The molecule has 0 fully saturated rings. The summed E-state index contributed by atoms with van der Waals surface area (Å²) in [4.78, 5) is 15.5. The van der Waals surface area contributed by atoms with Gasteiger partial charge < -0.3 is 10.6 Å². The van der Waals surface area contributed by atoms with E-state index >= 15 is 0 Å². The number of nitrogens with two attached hydrogens (primary N) is 1. The van der Waals surface area contributed by atoms with Crippen LogP contribution in [0.25, 0.3) is 0 Å². The lowest BCUT2D eigenvalue weighted by Crippen LogP contribution is -2.44. The molecule has 0 spiro atoms. The SMILES string of the molecule is CCN(CC)C(=O)N(CCCN)c1ccccc1F. The summed E-state index contributed by atoms with van der Waals surface area (Å²) in [5, 5.41) is 0. The monoisotopic (exact) mass is 267 g/mol. The number of nitrogens with zero attached hydrogens (tertiary/aromatic N) is 2. The van der Waals surface area contributed by atoms with Crippen molar-refractivity contribution in [1.82, 2.24) is 4.90 Å². The molecule has 19 heavy (non-hydrogen) atoms. The summed E-state index contributed by atoms with van der Waals surface area (Å²) in [5.41, 5.74) is 5.80. The van der Waals surface area contributed by atoms with Gasteiger partial charge in [-0.3, -0.25) is 4.90 Å². The van der Waals surface area contributed by atoms with Crippen LogP contribution in [-0.4, -0.2) is 37.1 Å². The molecule has 106 valence electrons. The van der Waals surface area contributed by atoms with Gasteiger partial charge in [-0.2, -0.15) is 0 Å². The number of halogens is 1. The van der Waals surface area contributed by atoms with Crippen molar-refractivity contribution in [1.29, 1.82) is 0 Å². The first kappa shape index (κ1) is 15.4. The van der Waals surface area contributed by atoms with Crippen LogP contribution in [0.4, 0.5) is 14.9 Å². The van der Waals surface area contributed by atoms with Crippen molar-refractivity contribution in [2.24, 2.45) is 5.73 Å². The predicted molar refractivity (Wildman–Crippen MR) is 75.7 cm³/mol. The average Bonchev–Trinajstić information content (AvgIpc) is 2.42. The fraction of sp³-hybridized carbons (Fsp3) is 0.500. The number of hydrogen-bond acceptors (Lipinski definition) is 2. The number of rotatable bonds is 6. The maximum Gasteiger partial charge on any atom is 0.324 e. The maximum atomic E-state index is 13.9. The molecule has 0 bridgehead atoms. The van der Waals surface area contributed by atoms with Gasteiger partial charge in [0.2, 0.25) is 0 Å². The summed E-state index contributed by atoms with van der Waals surface area (Å²) >= 11 is 0. The quantitative estimate of drug-likeness (QED) is 0.860. The molecule has 0 aliphatic rings. The fourth-order valence-electron chi connectivity index (χ4n) is 1.90. The van der Waals surface area contributed by atoms with Gasteiger partial charge >= 0.3 is 6.03 Å². The summed E-state index contributed by atoms with van der Waals surface area (Å²) in [5.74, 6) is -0.389. The zero-order valence-corrected chi connectivity index (χ0v) is 11.6. The van der Waals surface area contributed by atoms with Crippen molar-refractivity contribution in [3.63, 3.8) is 0 Å². The minimum absolute atomic E-state index is 0.177. The highest BCUT2D eigenvalue weighted by molar-refractivity contribution is 5.92. The number of para-hydroxylation sites is 1. The van der Waals surface area contributed by atoms with E-state index in [0.717, 1.165) is 0 Å². The van der Waals surface area contributed by atoms with Crippen molar-refractivity contribution in [2.75, 3.05) is 31.1 Å². The first-order valence-corrected chi connectivity index (χ1v) is 6.66. The third kappa shape index (κ3) is 3.92. The zero-order valence-electron chi connectivity index (χ0n) is 11.6. The van der Waals surface area contributed by atoms with Crippen molar-refractivity contribution in [2.45, 2.75) is 20.3 Å². The molecule has 0 saturated carbocycles. The fourth-order valence-corrected chi connectivity index (χ4v) is 1.90. The molecule has 0 saturated heterocycles. The van der Waals surface area contributed by atoms with E-state index in [1.807, 2.05) is 13.8 Å². The Hall–Kier alpha value is -1.62. The Kier molecular flexibility index (Phi) is 6.29. The number of carbonyl (C=O) groups is 1. The van der Waals surface area contributed by atoms with Gasteiger partial charge in [0.1, 0.15) is 5.82 Å². The largest absolute Gasteiger partial charge is 0.330 e. The Bertz CT molecular complexity index is 407. The van der Waals surface area contributed by atoms with Crippen LogP contribution < -0.4 is 10.6 Å². The lowest BCUT2D eigenvalue weighted by molar-refractivity contribution is 0.209. The van der Waals surface area contributed by atoms with Crippen LogP contribution in [0, 0.1) is 5.82 Å². The van der Waals surface area contributed by atoms with E-state index in [1.54, 1.807) is 23.1 Å². The van der Waals surface area contributed by atoms with Crippen molar-refractivity contribution < 1.29 is 9.18 Å². The maximum absolute atomic E-state index is 13.9. The van der Waals surface area contributed by atoms with Crippen molar-refractivity contribution in [3.05, 3.63) is 30.1 Å². The van der Waals surface area contributed by atoms with Crippen molar-refractivity contribution in [3.8, 4) is 0 Å². The average molecular weight is 267 g/mol. The molecule has 2 N–H and O–H groups in total. The first-order valence-electron chi connectivity index (χ1n) is 6.66. The summed E-state index contributed by atoms with van der Waals surface area (Å²) in [6.07, 6.45) is 0.640. The molecule has 1 aromatic rings. The van der Waals surface area contributed by atoms with Crippen LogP contribution >= 0.6 is 0 Å².